The number of carboxylic acid groups (broad SMARTS) is 1. The smallest absolute Gasteiger partial charge is 0.326 e. The zero-order valence-electron chi connectivity index (χ0n) is 20.7. The van der Waals surface area contributed by atoms with E-state index in [2.05, 4.69) is 21.3 Å². The number of aliphatic carboxylic acids is 1. The summed E-state index contributed by atoms with van der Waals surface area (Å²) in [6, 6.07) is 6.04. The van der Waals surface area contributed by atoms with Gasteiger partial charge in [0.25, 0.3) is 0 Å². The van der Waals surface area contributed by atoms with Crippen molar-refractivity contribution < 1.29 is 24.3 Å². The molecule has 5 N–H and O–H groups in total. The van der Waals surface area contributed by atoms with Gasteiger partial charge < -0.3 is 26.4 Å². The van der Waals surface area contributed by atoms with Crippen molar-refractivity contribution in [3.63, 3.8) is 0 Å². The van der Waals surface area contributed by atoms with Crippen molar-refractivity contribution in [2.24, 2.45) is 5.92 Å². The van der Waals surface area contributed by atoms with Crippen LogP contribution in [0.15, 0.2) is 30.3 Å². The average molecular weight is 507 g/mol. The molecule has 3 amide bonds. The van der Waals surface area contributed by atoms with Gasteiger partial charge in [-0.05, 0) is 55.7 Å². The van der Waals surface area contributed by atoms with E-state index in [4.69, 9.17) is 0 Å². The van der Waals surface area contributed by atoms with Crippen molar-refractivity contribution in [1.82, 2.24) is 21.3 Å². The Balaban J connectivity index is 2.17. The van der Waals surface area contributed by atoms with E-state index in [1.807, 2.05) is 50.4 Å². The Labute approximate surface area is 211 Å². The van der Waals surface area contributed by atoms with E-state index in [-0.39, 0.29) is 30.7 Å². The molecule has 1 heterocycles. The van der Waals surface area contributed by atoms with Gasteiger partial charge in [-0.25, -0.2) is 4.79 Å². The van der Waals surface area contributed by atoms with Crippen molar-refractivity contribution >= 4 is 35.5 Å². The average Bonchev–Trinajstić information content (AvgIpc) is 3.36. The second-order valence-electron chi connectivity index (χ2n) is 9.27. The van der Waals surface area contributed by atoms with Crippen LogP contribution in [0, 0.1) is 5.92 Å². The lowest BCUT2D eigenvalue weighted by molar-refractivity contribution is -0.142. The summed E-state index contributed by atoms with van der Waals surface area (Å²) in [5, 5.41) is 20.9. The number of carbonyl (C=O) groups excluding carboxylic acids is 3. The lowest BCUT2D eigenvalue weighted by Crippen LogP contribution is -2.57. The summed E-state index contributed by atoms with van der Waals surface area (Å²) in [5.41, 5.74) is 0.823. The van der Waals surface area contributed by atoms with Crippen LogP contribution in [0.1, 0.15) is 45.1 Å². The van der Waals surface area contributed by atoms with Crippen LogP contribution in [0.25, 0.3) is 0 Å². The van der Waals surface area contributed by atoms with E-state index in [0.29, 0.717) is 18.6 Å². The highest BCUT2D eigenvalue weighted by Gasteiger charge is 2.31. The Morgan fingerprint density at radius 2 is 1.69 bits per heavy atom. The molecule has 1 aliphatic rings. The van der Waals surface area contributed by atoms with Gasteiger partial charge in [0.05, 0.1) is 6.04 Å². The molecule has 4 atom stereocenters. The number of nitrogens with one attached hydrogen (secondary N) is 4. The summed E-state index contributed by atoms with van der Waals surface area (Å²) in [4.78, 5) is 50.7. The van der Waals surface area contributed by atoms with Gasteiger partial charge in [-0.15, -0.1) is 0 Å². The van der Waals surface area contributed by atoms with E-state index < -0.39 is 35.9 Å². The van der Waals surface area contributed by atoms with Crippen LogP contribution in [0.5, 0.6) is 0 Å². The fourth-order valence-electron chi connectivity index (χ4n) is 3.98. The molecule has 1 saturated heterocycles. The normalized spacial score (nSPS) is 17.9. The molecule has 1 aliphatic heterocycles. The third-order valence-electron chi connectivity index (χ3n) is 5.86. The summed E-state index contributed by atoms with van der Waals surface area (Å²) in [6.45, 7) is 4.52. The Morgan fingerprint density at radius 3 is 2.26 bits per heavy atom. The van der Waals surface area contributed by atoms with Gasteiger partial charge in [0.1, 0.15) is 18.1 Å². The molecule has 9 nitrogen and oxygen atoms in total. The molecule has 1 aromatic carbocycles. The Bertz CT molecular complexity index is 846. The van der Waals surface area contributed by atoms with Gasteiger partial charge in [0.2, 0.25) is 17.7 Å². The number of amides is 3. The van der Waals surface area contributed by atoms with E-state index in [9.17, 15) is 24.3 Å². The maximum absolute atomic E-state index is 13.3. The van der Waals surface area contributed by atoms with Crippen LogP contribution in [0.2, 0.25) is 0 Å². The zero-order chi connectivity index (χ0) is 25.8. The molecule has 10 heteroatoms. The molecule has 4 unspecified atom stereocenters. The van der Waals surface area contributed by atoms with Gasteiger partial charge in [0.15, 0.2) is 0 Å². The minimum absolute atomic E-state index is 0.0638. The minimum atomic E-state index is -1.12. The molecule has 1 aromatic rings. The van der Waals surface area contributed by atoms with Gasteiger partial charge >= 0.3 is 5.97 Å². The quantitative estimate of drug-likeness (QED) is 0.257. The van der Waals surface area contributed by atoms with Crippen LogP contribution in [0.3, 0.4) is 0 Å². The topological polar surface area (TPSA) is 137 Å². The number of rotatable bonds is 14. The SMILES string of the molecule is CSCCC(NC(=O)C1CCCN1)C(=O)NC(Cc1ccccc1)C(=O)NC(CC(C)C)C(=O)O. The summed E-state index contributed by atoms with van der Waals surface area (Å²) in [6.07, 6.45) is 4.42. The largest absolute Gasteiger partial charge is 0.480 e. The highest BCUT2D eigenvalue weighted by Crippen LogP contribution is 2.10. The second kappa shape index (κ2) is 14.7. The fourth-order valence-corrected chi connectivity index (χ4v) is 4.45. The van der Waals surface area contributed by atoms with Gasteiger partial charge in [-0.2, -0.15) is 11.8 Å². The van der Waals surface area contributed by atoms with Gasteiger partial charge in [0, 0.05) is 6.42 Å². The standard InChI is InChI=1S/C25H38N4O5S/c1-16(2)14-21(25(33)34)29-24(32)20(15-17-8-5-4-6-9-17)28-23(31)19(11-13-35-3)27-22(30)18-10-7-12-26-18/h4-6,8-9,16,18-21,26H,7,10-15H2,1-3H3,(H,27,30)(H,28,31)(H,29,32)(H,33,34). The maximum Gasteiger partial charge on any atom is 0.326 e. The molecule has 0 bridgehead atoms. The molecule has 0 radical (unpaired) electrons. The van der Waals surface area contributed by atoms with Crippen LogP contribution >= 0.6 is 11.8 Å². The third-order valence-corrected chi connectivity index (χ3v) is 6.50. The molecule has 1 fully saturated rings. The third kappa shape index (κ3) is 9.89. The zero-order valence-corrected chi connectivity index (χ0v) is 21.5. The monoisotopic (exact) mass is 506 g/mol. The summed E-state index contributed by atoms with van der Waals surface area (Å²) < 4.78 is 0. The summed E-state index contributed by atoms with van der Waals surface area (Å²) in [7, 11) is 0. The van der Waals surface area contributed by atoms with Crippen molar-refractivity contribution in [2.45, 2.75) is 70.1 Å². The van der Waals surface area contributed by atoms with E-state index in [0.717, 1.165) is 18.5 Å². The Kier molecular flexibility index (Phi) is 12.1. The number of hydrogen-bond donors (Lipinski definition) is 5. The van der Waals surface area contributed by atoms with Crippen LogP contribution in [0.4, 0.5) is 0 Å². The van der Waals surface area contributed by atoms with Crippen molar-refractivity contribution in [1.29, 1.82) is 0 Å². The molecular weight excluding hydrogens is 468 g/mol. The van der Waals surface area contributed by atoms with E-state index in [1.165, 1.54) is 0 Å². The first kappa shape index (κ1) is 28.6. The molecule has 2 rings (SSSR count). The Morgan fingerprint density at radius 1 is 1.03 bits per heavy atom. The molecule has 0 spiro atoms. The number of hydrogen-bond acceptors (Lipinski definition) is 6. The highest BCUT2D eigenvalue weighted by atomic mass is 32.2. The van der Waals surface area contributed by atoms with Gasteiger partial charge in [-0.1, -0.05) is 44.2 Å². The predicted octanol–water partition coefficient (Wildman–Crippen LogP) is 1.32. The number of carbonyl (C=O) groups is 4. The Hall–Kier alpha value is -2.59. The van der Waals surface area contributed by atoms with Crippen molar-refractivity contribution in [2.75, 3.05) is 18.6 Å². The van der Waals surface area contributed by atoms with E-state index >= 15 is 0 Å². The molecule has 0 aliphatic carbocycles. The van der Waals surface area contributed by atoms with Crippen LogP contribution < -0.4 is 21.3 Å². The summed E-state index contributed by atoms with van der Waals surface area (Å²) >= 11 is 1.56. The lowest BCUT2D eigenvalue weighted by Gasteiger charge is -2.25. The molecule has 0 saturated carbocycles. The second-order valence-corrected chi connectivity index (χ2v) is 10.3. The first-order chi connectivity index (χ1) is 16.7. The van der Waals surface area contributed by atoms with Crippen molar-refractivity contribution in [3.8, 4) is 0 Å². The first-order valence-electron chi connectivity index (χ1n) is 12.1. The predicted molar refractivity (Wildman–Crippen MR) is 137 cm³/mol. The fraction of sp³-hybridized carbons (Fsp3) is 0.600. The number of benzene rings is 1. The summed E-state index contributed by atoms with van der Waals surface area (Å²) in [5.74, 6) is -1.66. The molecule has 0 aromatic heterocycles. The van der Waals surface area contributed by atoms with Crippen LogP contribution in [-0.4, -0.2) is 71.5 Å². The number of carboxylic acids is 1. The van der Waals surface area contributed by atoms with Gasteiger partial charge in [-0.3, -0.25) is 14.4 Å². The molecule has 35 heavy (non-hydrogen) atoms. The van der Waals surface area contributed by atoms with E-state index in [1.54, 1.807) is 11.8 Å². The number of thioether (sulfide) groups is 1. The maximum atomic E-state index is 13.3. The van der Waals surface area contributed by atoms with Crippen molar-refractivity contribution in [3.05, 3.63) is 35.9 Å². The molecular formula is C25H38N4O5S. The lowest BCUT2D eigenvalue weighted by atomic mass is 10.0. The van der Waals surface area contributed by atoms with Crippen LogP contribution in [-0.2, 0) is 25.6 Å². The first-order valence-corrected chi connectivity index (χ1v) is 13.5. The minimum Gasteiger partial charge on any atom is -0.480 e. The highest BCUT2D eigenvalue weighted by molar-refractivity contribution is 7.98. The molecule has 194 valence electrons.